The SMILES string of the molecule is Cn1cc(S(=O)(=O)Nc2cc(C#CCCO)ccn2)cn1. The summed E-state index contributed by atoms with van der Waals surface area (Å²) in [4.78, 5) is 4.01. The summed E-state index contributed by atoms with van der Waals surface area (Å²) in [6.45, 7) is -0.0153. The van der Waals surface area contributed by atoms with E-state index in [2.05, 4.69) is 26.6 Å². The van der Waals surface area contributed by atoms with Crippen molar-refractivity contribution in [3.05, 3.63) is 36.3 Å². The standard InChI is InChI=1S/C13H14N4O3S/c1-17-10-12(9-15-17)21(19,20)16-13-8-11(5-6-14-13)4-2-3-7-18/h5-6,8-10,18H,3,7H2,1H3,(H,14,16). The fraction of sp³-hybridized carbons (Fsp3) is 0.231. The average molecular weight is 306 g/mol. The Hall–Kier alpha value is -2.37. The molecule has 0 spiro atoms. The summed E-state index contributed by atoms with van der Waals surface area (Å²) in [5.74, 6) is 5.75. The molecule has 2 rings (SSSR count). The van der Waals surface area contributed by atoms with Crippen molar-refractivity contribution in [2.75, 3.05) is 11.3 Å². The van der Waals surface area contributed by atoms with Crippen LogP contribution >= 0.6 is 0 Å². The van der Waals surface area contributed by atoms with Gasteiger partial charge in [-0.05, 0) is 12.1 Å². The second kappa shape index (κ2) is 6.39. The van der Waals surface area contributed by atoms with E-state index in [4.69, 9.17) is 5.11 Å². The lowest BCUT2D eigenvalue weighted by atomic mass is 10.2. The number of nitrogens with one attached hydrogen (secondary N) is 1. The number of sulfonamides is 1. The van der Waals surface area contributed by atoms with Gasteiger partial charge in [-0.25, -0.2) is 13.4 Å². The lowest BCUT2D eigenvalue weighted by Crippen LogP contribution is -2.13. The zero-order valence-electron chi connectivity index (χ0n) is 11.3. The van der Waals surface area contributed by atoms with Crippen LogP contribution in [0.3, 0.4) is 0 Å². The molecule has 0 aliphatic carbocycles. The van der Waals surface area contributed by atoms with Crippen molar-refractivity contribution in [2.24, 2.45) is 7.05 Å². The van der Waals surface area contributed by atoms with Crippen molar-refractivity contribution in [1.82, 2.24) is 14.8 Å². The number of aliphatic hydroxyl groups is 1. The number of nitrogens with zero attached hydrogens (tertiary/aromatic N) is 3. The van der Waals surface area contributed by atoms with Crippen molar-refractivity contribution in [2.45, 2.75) is 11.3 Å². The van der Waals surface area contributed by atoms with Crippen molar-refractivity contribution < 1.29 is 13.5 Å². The molecular weight excluding hydrogens is 292 g/mol. The molecule has 0 radical (unpaired) electrons. The summed E-state index contributed by atoms with van der Waals surface area (Å²) >= 11 is 0. The lowest BCUT2D eigenvalue weighted by Gasteiger charge is -2.05. The molecule has 0 bridgehead atoms. The number of rotatable bonds is 4. The van der Waals surface area contributed by atoms with Crippen molar-refractivity contribution in [3.63, 3.8) is 0 Å². The number of aliphatic hydroxyl groups excluding tert-OH is 1. The first kappa shape index (κ1) is 15.0. The summed E-state index contributed by atoms with van der Waals surface area (Å²) in [6.07, 6.45) is 4.48. The summed E-state index contributed by atoms with van der Waals surface area (Å²) in [7, 11) is -2.08. The molecule has 21 heavy (non-hydrogen) atoms. The molecule has 0 aromatic carbocycles. The van der Waals surface area contributed by atoms with Gasteiger partial charge in [0.15, 0.2) is 0 Å². The maximum absolute atomic E-state index is 12.1. The number of anilines is 1. The molecular formula is C13H14N4O3S. The average Bonchev–Trinajstić information content (AvgIpc) is 2.87. The summed E-state index contributed by atoms with van der Waals surface area (Å²) < 4.78 is 28.0. The van der Waals surface area contributed by atoms with E-state index >= 15 is 0 Å². The van der Waals surface area contributed by atoms with Crippen LogP contribution in [0.2, 0.25) is 0 Å². The molecule has 0 amide bonds. The molecule has 0 fully saturated rings. The summed E-state index contributed by atoms with van der Waals surface area (Å²) in [5, 5.41) is 12.5. The minimum Gasteiger partial charge on any atom is -0.395 e. The molecule has 0 saturated carbocycles. The highest BCUT2D eigenvalue weighted by atomic mass is 32.2. The fourth-order valence-corrected chi connectivity index (χ4v) is 2.50. The Morgan fingerprint density at radius 2 is 2.29 bits per heavy atom. The third-order valence-corrected chi connectivity index (χ3v) is 3.77. The highest BCUT2D eigenvalue weighted by Crippen LogP contribution is 2.14. The predicted octanol–water partition coefficient (Wildman–Crippen LogP) is 0.350. The van der Waals surface area contributed by atoms with Gasteiger partial charge < -0.3 is 5.11 Å². The minimum absolute atomic E-state index is 0.0153. The van der Waals surface area contributed by atoms with Gasteiger partial charge in [-0.3, -0.25) is 9.40 Å². The quantitative estimate of drug-likeness (QED) is 0.794. The van der Waals surface area contributed by atoms with Gasteiger partial charge in [-0.2, -0.15) is 5.10 Å². The van der Waals surface area contributed by atoms with Crippen LogP contribution in [0.4, 0.5) is 5.82 Å². The van der Waals surface area contributed by atoms with Crippen molar-refractivity contribution in [1.29, 1.82) is 0 Å². The largest absolute Gasteiger partial charge is 0.395 e. The van der Waals surface area contributed by atoms with E-state index in [0.717, 1.165) is 0 Å². The third-order valence-electron chi connectivity index (χ3n) is 2.46. The van der Waals surface area contributed by atoms with Gasteiger partial charge in [0, 0.05) is 31.4 Å². The van der Waals surface area contributed by atoms with Gasteiger partial charge >= 0.3 is 0 Å². The molecule has 110 valence electrons. The second-order valence-corrected chi connectivity index (χ2v) is 5.84. The van der Waals surface area contributed by atoms with Crippen molar-refractivity contribution in [3.8, 4) is 11.8 Å². The maximum atomic E-state index is 12.1. The van der Waals surface area contributed by atoms with E-state index in [0.29, 0.717) is 12.0 Å². The molecule has 0 atom stereocenters. The molecule has 0 unspecified atom stereocenters. The Morgan fingerprint density at radius 1 is 1.48 bits per heavy atom. The molecule has 8 heteroatoms. The van der Waals surface area contributed by atoms with E-state index in [-0.39, 0.29) is 17.3 Å². The summed E-state index contributed by atoms with van der Waals surface area (Å²) in [5.41, 5.74) is 0.613. The first-order valence-electron chi connectivity index (χ1n) is 6.08. The number of hydrogen-bond acceptors (Lipinski definition) is 5. The topological polar surface area (TPSA) is 97.1 Å². The molecule has 7 nitrogen and oxygen atoms in total. The third kappa shape index (κ3) is 4.05. The van der Waals surface area contributed by atoms with Crippen LogP contribution in [0, 0.1) is 11.8 Å². The maximum Gasteiger partial charge on any atom is 0.266 e. The van der Waals surface area contributed by atoms with E-state index in [9.17, 15) is 8.42 Å². The second-order valence-electron chi connectivity index (χ2n) is 4.16. The zero-order chi connectivity index (χ0) is 15.3. The Morgan fingerprint density at radius 3 is 2.95 bits per heavy atom. The number of aryl methyl sites for hydroxylation is 1. The molecule has 0 aliphatic rings. The number of hydrogen-bond donors (Lipinski definition) is 2. The molecule has 2 aromatic heterocycles. The van der Waals surface area contributed by atoms with Crippen LogP contribution in [-0.4, -0.2) is 34.9 Å². The van der Waals surface area contributed by atoms with Crippen LogP contribution in [-0.2, 0) is 17.1 Å². The van der Waals surface area contributed by atoms with E-state index in [1.807, 2.05) is 0 Å². The van der Waals surface area contributed by atoms with E-state index in [1.54, 1.807) is 13.1 Å². The molecule has 0 saturated heterocycles. The Bertz CT molecular complexity index is 787. The van der Waals surface area contributed by atoms with Gasteiger partial charge in [-0.1, -0.05) is 11.8 Å². The number of pyridine rings is 1. The van der Waals surface area contributed by atoms with Crippen LogP contribution in [0.5, 0.6) is 0 Å². The first-order chi connectivity index (χ1) is 10.0. The molecule has 2 heterocycles. The van der Waals surface area contributed by atoms with Crippen molar-refractivity contribution >= 4 is 15.8 Å². The minimum atomic E-state index is -3.72. The van der Waals surface area contributed by atoms with Crippen LogP contribution in [0.15, 0.2) is 35.6 Å². The monoisotopic (exact) mass is 306 g/mol. The van der Waals surface area contributed by atoms with Gasteiger partial charge in [-0.15, -0.1) is 0 Å². The van der Waals surface area contributed by atoms with Crippen LogP contribution in [0.1, 0.15) is 12.0 Å². The Balaban J connectivity index is 2.20. The zero-order valence-corrected chi connectivity index (χ0v) is 12.1. The Labute approximate surface area is 122 Å². The van der Waals surface area contributed by atoms with Gasteiger partial charge in [0.1, 0.15) is 10.7 Å². The first-order valence-corrected chi connectivity index (χ1v) is 7.57. The van der Waals surface area contributed by atoms with Gasteiger partial charge in [0.25, 0.3) is 10.0 Å². The van der Waals surface area contributed by atoms with Gasteiger partial charge in [0.05, 0.1) is 12.8 Å². The highest BCUT2D eigenvalue weighted by molar-refractivity contribution is 7.92. The molecule has 2 N–H and O–H groups in total. The predicted molar refractivity (Wildman–Crippen MR) is 76.8 cm³/mol. The van der Waals surface area contributed by atoms with Gasteiger partial charge in [0.2, 0.25) is 0 Å². The smallest absolute Gasteiger partial charge is 0.266 e. The van der Waals surface area contributed by atoms with E-state index in [1.165, 1.54) is 29.3 Å². The Kier molecular flexibility index (Phi) is 4.57. The lowest BCUT2D eigenvalue weighted by molar-refractivity contribution is 0.305. The summed E-state index contributed by atoms with van der Waals surface area (Å²) in [6, 6.07) is 3.19. The van der Waals surface area contributed by atoms with Crippen LogP contribution in [0.25, 0.3) is 0 Å². The fourth-order valence-electron chi connectivity index (χ4n) is 1.52. The van der Waals surface area contributed by atoms with E-state index < -0.39 is 10.0 Å². The number of aromatic nitrogens is 3. The molecule has 2 aromatic rings. The van der Waals surface area contributed by atoms with Crippen LogP contribution < -0.4 is 4.72 Å². The molecule has 0 aliphatic heterocycles. The highest BCUT2D eigenvalue weighted by Gasteiger charge is 2.16. The normalized spacial score (nSPS) is 10.8.